The maximum atomic E-state index is 13.1. The lowest BCUT2D eigenvalue weighted by Gasteiger charge is -2.24. The number of nitrogens with two attached hydrogens (primary N) is 2. The zero-order chi connectivity index (χ0) is 73.4. The van der Waals surface area contributed by atoms with Crippen LogP contribution in [0.2, 0.25) is 0 Å². The van der Waals surface area contributed by atoms with Gasteiger partial charge in [0.25, 0.3) is 11.5 Å². The zero-order valence-electron chi connectivity index (χ0n) is 54.8. The highest BCUT2D eigenvalue weighted by atomic mass is 33.1. The lowest BCUT2D eigenvalue weighted by molar-refractivity contribution is -0.777. The van der Waals surface area contributed by atoms with Crippen molar-refractivity contribution in [2.75, 3.05) is 73.0 Å². The maximum Gasteiger partial charge on any atom is 0.327 e. The van der Waals surface area contributed by atoms with Crippen LogP contribution >= 0.6 is 35.5 Å². The SMILES string of the molecule is CCN(CC)c1ccc2c(-c3ccc(S(=O)(=O)NCCSS(C)(=O)=O)cc3SOO[O-])c3ccc(=[N+](CC)CC)cc-3oc2c1.NCCCCC(NC(=O)C(CC(=O)O)NC(=O)CCC(NC(=O)c1ccc(NCc2cnc3nc(N)[nH]c(=O)c3n2)cc1)C(=O)O)C(=O)NC(CS)C(=O)O. The van der Waals surface area contributed by atoms with Gasteiger partial charge in [0.2, 0.25) is 39.1 Å². The summed E-state index contributed by atoms with van der Waals surface area (Å²) in [5.41, 5.74) is 15.3. The average molecular weight is 1480 g/mol. The third-order valence-electron chi connectivity index (χ3n) is 15.1. The number of nitrogens with zero attached hydrogens (tertiary/aromatic N) is 5. The van der Waals surface area contributed by atoms with Gasteiger partial charge in [-0.1, -0.05) is 6.07 Å². The number of hydrogen-bond acceptors (Lipinski definition) is 26. The quantitative estimate of drug-likeness (QED) is 0.00387. The Morgan fingerprint density at radius 2 is 1.49 bits per heavy atom. The fraction of sp³-hybridized carbons (Fsp3) is 0.387. The second-order valence-electron chi connectivity index (χ2n) is 21.9. The predicted octanol–water partition coefficient (Wildman–Crippen LogP) is 2.01. The van der Waals surface area contributed by atoms with E-state index in [0.29, 0.717) is 68.9 Å². The molecule has 7 rings (SSSR count). The molecule has 0 radical (unpaired) electrons. The van der Waals surface area contributed by atoms with Crippen LogP contribution in [0.4, 0.5) is 17.3 Å². The van der Waals surface area contributed by atoms with Gasteiger partial charge < -0.3 is 67.9 Å². The molecule has 33 nitrogen and oxygen atoms in total. The fourth-order valence-electron chi connectivity index (χ4n) is 10.1. The minimum absolute atomic E-state index is 0.000406. The molecule has 540 valence electrons. The number of nitrogen functional groups attached to an aromatic ring is 1. The normalized spacial score (nSPS) is 12.7. The van der Waals surface area contributed by atoms with Gasteiger partial charge in [-0.25, -0.2) is 45.7 Å². The number of hydrogen-bond donors (Lipinski definition) is 13. The molecule has 2 aliphatic rings. The maximum absolute atomic E-state index is 13.1. The first-order valence-electron chi connectivity index (χ1n) is 31.1. The number of carbonyl (C=O) groups is 7. The number of carboxylic acids is 3. The number of nitrogens with one attached hydrogen (secondary N) is 7. The van der Waals surface area contributed by atoms with Gasteiger partial charge in [-0.15, -0.1) is 0 Å². The number of aromatic amines is 1. The summed E-state index contributed by atoms with van der Waals surface area (Å²) in [6, 6.07) is 16.4. The Morgan fingerprint density at radius 1 is 0.810 bits per heavy atom. The van der Waals surface area contributed by atoms with Crippen molar-refractivity contribution in [2.24, 2.45) is 5.73 Å². The molecule has 5 aromatic rings. The second kappa shape index (κ2) is 38.0. The molecule has 0 bridgehead atoms. The third kappa shape index (κ3) is 23.0. The van der Waals surface area contributed by atoms with Crippen LogP contribution in [-0.2, 0) is 63.6 Å². The van der Waals surface area contributed by atoms with Gasteiger partial charge in [-0.2, -0.15) is 21.9 Å². The molecule has 100 heavy (non-hydrogen) atoms. The summed E-state index contributed by atoms with van der Waals surface area (Å²) in [6.07, 6.45) is 1.37. The van der Waals surface area contributed by atoms with Crippen LogP contribution in [0.1, 0.15) is 82.3 Å². The molecule has 1 aliphatic carbocycles. The van der Waals surface area contributed by atoms with E-state index in [1.165, 1.54) is 42.6 Å². The Morgan fingerprint density at radius 3 is 2.12 bits per heavy atom. The van der Waals surface area contributed by atoms with Crippen molar-refractivity contribution in [2.45, 2.75) is 107 Å². The lowest BCUT2D eigenvalue weighted by Crippen LogP contribution is -2.56. The number of aliphatic carboxylic acids is 3. The summed E-state index contributed by atoms with van der Waals surface area (Å²) < 4.78 is 65.0. The zero-order valence-corrected chi connectivity index (χ0v) is 59.0. The van der Waals surface area contributed by atoms with Crippen LogP contribution in [0.5, 0.6) is 0 Å². The Labute approximate surface area is 587 Å². The number of amides is 4. The van der Waals surface area contributed by atoms with Crippen LogP contribution in [-0.4, -0.2) is 175 Å². The molecule has 1 aliphatic heterocycles. The first-order chi connectivity index (χ1) is 47.6. The Hall–Kier alpha value is -8.99. The van der Waals surface area contributed by atoms with E-state index in [9.17, 15) is 75.8 Å². The Kier molecular flexibility index (Phi) is 30.4. The van der Waals surface area contributed by atoms with Crippen molar-refractivity contribution in [3.8, 4) is 22.5 Å². The van der Waals surface area contributed by atoms with Crippen molar-refractivity contribution in [1.82, 2.24) is 50.5 Å². The largest absolute Gasteiger partial charge is 0.691 e. The first-order valence-corrected chi connectivity index (χ1v) is 37.3. The molecule has 3 aromatic carbocycles. The Bertz CT molecular complexity index is 4400. The molecule has 0 spiro atoms. The van der Waals surface area contributed by atoms with E-state index in [-0.39, 0.29) is 65.1 Å². The molecular weight excluding hydrogens is 1410 g/mol. The number of fused-ring (bicyclic) bond motifs is 3. The van der Waals surface area contributed by atoms with Gasteiger partial charge in [-0.3, -0.25) is 38.8 Å². The minimum atomic E-state index is -4.03. The monoisotopic (exact) mass is 1480 g/mol. The van der Waals surface area contributed by atoms with Crippen LogP contribution in [0, 0.1) is 0 Å². The Balaban J connectivity index is 0.000000321. The second-order valence-corrected chi connectivity index (χ2v) is 29.4. The smallest absolute Gasteiger partial charge is 0.327 e. The molecule has 4 unspecified atom stereocenters. The van der Waals surface area contributed by atoms with Crippen molar-refractivity contribution in [3.63, 3.8) is 0 Å². The van der Waals surface area contributed by atoms with Gasteiger partial charge in [0.15, 0.2) is 20.0 Å². The molecule has 4 atom stereocenters. The highest BCUT2D eigenvalue weighted by Gasteiger charge is 2.32. The number of aromatic nitrogens is 4. The van der Waals surface area contributed by atoms with E-state index in [4.69, 9.17) is 20.2 Å². The number of unbranched alkanes of at least 4 members (excludes halogenated alkanes) is 1. The fourth-order valence-corrected chi connectivity index (χ4v) is 13.8. The summed E-state index contributed by atoms with van der Waals surface area (Å²) in [7, 11) is -6.69. The van der Waals surface area contributed by atoms with Crippen LogP contribution in [0.25, 0.3) is 44.6 Å². The summed E-state index contributed by atoms with van der Waals surface area (Å²) in [5, 5.41) is 56.8. The van der Waals surface area contributed by atoms with Gasteiger partial charge >= 0.3 is 17.9 Å². The lowest BCUT2D eigenvalue weighted by atomic mass is 9.93. The molecule has 0 fully saturated rings. The van der Waals surface area contributed by atoms with E-state index in [0.717, 1.165) is 60.0 Å². The molecular formula is C62H78N14O19S5. The predicted molar refractivity (Wildman–Crippen MR) is 375 cm³/mol. The average Bonchev–Trinajstić information content (AvgIpc) is 0.744. The number of carbonyl (C=O) groups excluding carboxylic acids is 4. The van der Waals surface area contributed by atoms with Crippen molar-refractivity contribution in [1.29, 1.82) is 0 Å². The third-order valence-corrected chi connectivity index (χ3v) is 20.1. The topological polar surface area (TPSA) is 505 Å². The van der Waals surface area contributed by atoms with Crippen molar-refractivity contribution >= 4 is 135 Å². The molecule has 3 heterocycles. The van der Waals surface area contributed by atoms with Gasteiger partial charge in [-0.05, 0) is 131 Å². The van der Waals surface area contributed by atoms with Crippen LogP contribution in [0.15, 0.2) is 104 Å². The van der Waals surface area contributed by atoms with E-state index in [1.54, 1.807) is 6.07 Å². The number of rotatable bonds is 37. The molecule has 0 saturated heterocycles. The van der Waals surface area contributed by atoms with E-state index >= 15 is 0 Å². The molecule has 4 amide bonds. The molecule has 0 saturated carbocycles. The van der Waals surface area contributed by atoms with Gasteiger partial charge in [0.05, 0.1) is 47.9 Å². The number of H-pyrrole nitrogens is 1. The molecule has 38 heteroatoms. The molecule has 2 aromatic heterocycles. The van der Waals surface area contributed by atoms with Gasteiger partial charge in [0.1, 0.15) is 48.6 Å². The number of carboxylic acid groups (broad SMARTS) is 3. The summed E-state index contributed by atoms with van der Waals surface area (Å²) in [6.45, 7) is 11.9. The highest BCUT2D eigenvalue weighted by Crippen LogP contribution is 2.45. The van der Waals surface area contributed by atoms with Crippen molar-refractivity contribution < 1.29 is 84.8 Å². The summed E-state index contributed by atoms with van der Waals surface area (Å²) in [5.74, 6) is -7.65. The van der Waals surface area contributed by atoms with E-state index < -0.39 is 109 Å². The number of benzene rings is 4. The van der Waals surface area contributed by atoms with Gasteiger partial charge in [0, 0.05) is 94.3 Å². The van der Waals surface area contributed by atoms with E-state index in [1.807, 2.05) is 36.4 Å². The number of thiol groups is 1. The van der Waals surface area contributed by atoms with Crippen molar-refractivity contribution in [3.05, 3.63) is 112 Å². The first kappa shape index (κ1) is 80.0. The standard InChI is InChI=1S/C32H41N11O11S.C30H37N3O8S4/c33-10-2-1-3-18(27(48)41-21(14-55)31(53)54)39-28(49)20(11-23(45)46)38-22(44)9-8-19(30(51)52)40-26(47)15-4-6-16(7-5-15)35-12-17-13-36-25-24(37-17)29(50)43-32(34)42-25;1-6-32(7-2)21-10-13-24-27(18-21)39-28-19-22(33(8-3)9-4)11-14-25(28)30(24)26-15-12-23(20-29(26)43-41-40-34)45(37,38)31-16-17-42-44(5,35)36/h4-7,13,18-21,35,55H,1-3,8-12,14,33H2,(H,38,44)(H,39,49)(H,40,47)(H,41,48)(H,45,46)(H,51,52)(H,53,54)(H3,34,36,42,43,50);10-15,18-20,31H,6-9,16-17H2,1-5H3. The summed E-state index contributed by atoms with van der Waals surface area (Å²) >= 11 is 4.48. The van der Waals surface area contributed by atoms with Crippen LogP contribution in [0.3, 0.4) is 0 Å². The number of sulfonamides is 1. The number of anilines is 3. The van der Waals surface area contributed by atoms with Crippen LogP contribution < -0.4 is 68.4 Å². The molecule has 14 N–H and O–H groups in total. The van der Waals surface area contributed by atoms with E-state index in [2.05, 4.69) is 106 Å². The summed E-state index contributed by atoms with van der Waals surface area (Å²) in [4.78, 5) is 116. The minimum Gasteiger partial charge on any atom is -0.691 e. The highest BCUT2D eigenvalue weighted by molar-refractivity contribution is 8.71.